The van der Waals surface area contributed by atoms with Crippen molar-refractivity contribution in [2.24, 2.45) is 11.7 Å². The third-order valence-electron chi connectivity index (χ3n) is 2.85. The minimum absolute atomic E-state index is 0.168. The molecule has 2 unspecified atom stereocenters. The molecule has 94 valence electrons. The van der Waals surface area contributed by atoms with Crippen LogP contribution in [0.25, 0.3) is 0 Å². The maximum Gasteiger partial charge on any atom is 0.225 e. The molecule has 0 aliphatic carbocycles. The van der Waals surface area contributed by atoms with Gasteiger partial charge in [0, 0.05) is 19.1 Å². The number of hydrogen-bond acceptors (Lipinski definition) is 7. The molecule has 2 rings (SSSR count). The summed E-state index contributed by atoms with van der Waals surface area (Å²) in [7, 11) is 0. The van der Waals surface area contributed by atoms with E-state index >= 15 is 0 Å². The molecule has 0 bridgehead atoms. The molecule has 7 heteroatoms. The number of rotatable bonds is 2. The smallest absolute Gasteiger partial charge is 0.225 e. The Balaban J connectivity index is 2.04. The van der Waals surface area contributed by atoms with E-state index in [1.165, 1.54) is 0 Å². The fourth-order valence-electron chi connectivity index (χ4n) is 2.37. The van der Waals surface area contributed by atoms with Gasteiger partial charge < -0.3 is 17.2 Å². The van der Waals surface area contributed by atoms with Gasteiger partial charge in [0.1, 0.15) is 5.82 Å². The molecule has 0 amide bonds. The highest BCUT2D eigenvalue weighted by molar-refractivity contribution is 5.25. The number of anilines is 2. The third kappa shape index (κ3) is 3.24. The average Bonchev–Trinajstić information content (AvgIpc) is 2.13. The van der Waals surface area contributed by atoms with Crippen LogP contribution >= 0.6 is 0 Å². The standard InChI is InChI=1S/C10H19N7/c1-6-2-7(11)4-17(3-6)5-8-14-9(12)16-10(13)15-8/h6-7H,2-5,11H2,1H3,(H4,12,13,14,15,16). The van der Waals surface area contributed by atoms with Crippen LogP contribution in [-0.2, 0) is 6.54 Å². The van der Waals surface area contributed by atoms with E-state index in [4.69, 9.17) is 17.2 Å². The van der Waals surface area contributed by atoms with Gasteiger partial charge in [-0.15, -0.1) is 0 Å². The summed E-state index contributed by atoms with van der Waals surface area (Å²) >= 11 is 0. The highest BCUT2D eigenvalue weighted by Crippen LogP contribution is 2.16. The molecule has 1 aromatic heterocycles. The van der Waals surface area contributed by atoms with Gasteiger partial charge in [0.2, 0.25) is 11.9 Å². The molecule has 1 saturated heterocycles. The molecule has 6 N–H and O–H groups in total. The molecule has 2 heterocycles. The Morgan fingerprint density at radius 2 is 1.82 bits per heavy atom. The minimum Gasteiger partial charge on any atom is -0.368 e. The highest BCUT2D eigenvalue weighted by atomic mass is 15.2. The van der Waals surface area contributed by atoms with Crippen molar-refractivity contribution in [3.8, 4) is 0 Å². The molecule has 7 nitrogen and oxygen atoms in total. The topological polar surface area (TPSA) is 120 Å². The fraction of sp³-hybridized carbons (Fsp3) is 0.700. The van der Waals surface area contributed by atoms with E-state index in [2.05, 4.69) is 26.8 Å². The maximum atomic E-state index is 5.98. The van der Waals surface area contributed by atoms with Crippen LogP contribution in [-0.4, -0.2) is 39.0 Å². The second-order valence-electron chi connectivity index (χ2n) is 4.76. The Labute approximate surface area is 100 Å². The number of piperidine rings is 1. The second kappa shape index (κ2) is 4.80. The van der Waals surface area contributed by atoms with Crippen molar-refractivity contribution in [3.05, 3.63) is 5.82 Å². The van der Waals surface area contributed by atoms with E-state index < -0.39 is 0 Å². The number of nitrogens with two attached hydrogens (primary N) is 3. The summed E-state index contributed by atoms with van der Waals surface area (Å²) < 4.78 is 0. The number of aromatic nitrogens is 3. The van der Waals surface area contributed by atoms with Crippen molar-refractivity contribution in [1.29, 1.82) is 0 Å². The largest absolute Gasteiger partial charge is 0.368 e. The van der Waals surface area contributed by atoms with Crippen molar-refractivity contribution in [2.45, 2.75) is 25.9 Å². The summed E-state index contributed by atoms with van der Waals surface area (Å²) in [6, 6.07) is 0.218. The quantitative estimate of drug-likeness (QED) is 0.616. The molecule has 2 atom stereocenters. The van der Waals surface area contributed by atoms with Gasteiger partial charge in [0.15, 0.2) is 0 Å². The summed E-state index contributed by atoms with van der Waals surface area (Å²) in [5.74, 6) is 1.54. The lowest BCUT2D eigenvalue weighted by molar-refractivity contribution is 0.155. The Morgan fingerprint density at radius 1 is 1.18 bits per heavy atom. The monoisotopic (exact) mass is 237 g/mol. The second-order valence-corrected chi connectivity index (χ2v) is 4.76. The van der Waals surface area contributed by atoms with Crippen LogP contribution in [0, 0.1) is 5.92 Å². The van der Waals surface area contributed by atoms with Gasteiger partial charge in [-0.2, -0.15) is 15.0 Å². The van der Waals surface area contributed by atoms with Crippen LogP contribution in [0.5, 0.6) is 0 Å². The van der Waals surface area contributed by atoms with E-state index in [-0.39, 0.29) is 17.9 Å². The lowest BCUT2D eigenvalue weighted by atomic mass is 9.97. The van der Waals surface area contributed by atoms with Crippen LogP contribution in [0.15, 0.2) is 0 Å². The summed E-state index contributed by atoms with van der Waals surface area (Å²) in [4.78, 5) is 14.1. The predicted octanol–water partition coefficient (Wildman–Crippen LogP) is -0.795. The first kappa shape index (κ1) is 12.0. The van der Waals surface area contributed by atoms with Gasteiger partial charge in [-0.3, -0.25) is 4.90 Å². The number of nitrogen functional groups attached to an aromatic ring is 2. The molecular weight excluding hydrogens is 218 g/mol. The first-order valence-corrected chi connectivity index (χ1v) is 5.76. The van der Waals surface area contributed by atoms with Crippen molar-refractivity contribution in [3.63, 3.8) is 0 Å². The molecule has 1 aliphatic rings. The first-order chi connectivity index (χ1) is 8.02. The van der Waals surface area contributed by atoms with E-state index in [1.54, 1.807) is 0 Å². The van der Waals surface area contributed by atoms with Crippen molar-refractivity contribution < 1.29 is 0 Å². The van der Waals surface area contributed by atoms with Gasteiger partial charge in [-0.05, 0) is 12.3 Å². The lowest BCUT2D eigenvalue weighted by Crippen LogP contribution is -2.46. The van der Waals surface area contributed by atoms with E-state index in [0.29, 0.717) is 18.3 Å². The molecule has 0 radical (unpaired) electrons. The molecule has 0 spiro atoms. The Hall–Kier alpha value is -1.47. The molecule has 1 aromatic rings. The minimum atomic E-state index is 0.168. The molecule has 1 aliphatic heterocycles. The van der Waals surface area contributed by atoms with Crippen LogP contribution in [0.1, 0.15) is 19.2 Å². The molecule has 0 saturated carbocycles. The Bertz CT molecular complexity index is 364. The van der Waals surface area contributed by atoms with Crippen molar-refractivity contribution >= 4 is 11.9 Å². The van der Waals surface area contributed by atoms with Gasteiger partial charge in [-0.25, -0.2) is 0 Å². The molecule has 17 heavy (non-hydrogen) atoms. The van der Waals surface area contributed by atoms with Gasteiger partial charge in [-0.1, -0.05) is 6.92 Å². The van der Waals surface area contributed by atoms with Gasteiger partial charge in [0.25, 0.3) is 0 Å². The zero-order valence-electron chi connectivity index (χ0n) is 10.0. The predicted molar refractivity (Wildman–Crippen MR) is 65.7 cm³/mol. The average molecular weight is 237 g/mol. The van der Waals surface area contributed by atoms with Gasteiger partial charge >= 0.3 is 0 Å². The number of nitrogens with zero attached hydrogens (tertiary/aromatic N) is 4. The summed E-state index contributed by atoms with van der Waals surface area (Å²) in [6.07, 6.45) is 1.07. The van der Waals surface area contributed by atoms with E-state index in [9.17, 15) is 0 Å². The Morgan fingerprint density at radius 3 is 2.41 bits per heavy atom. The summed E-state index contributed by atoms with van der Waals surface area (Å²) in [5, 5.41) is 0. The van der Waals surface area contributed by atoms with Crippen molar-refractivity contribution in [2.75, 3.05) is 24.6 Å². The summed E-state index contributed by atoms with van der Waals surface area (Å²) in [6.45, 7) is 4.67. The van der Waals surface area contributed by atoms with Crippen LogP contribution < -0.4 is 17.2 Å². The van der Waals surface area contributed by atoms with Crippen LogP contribution in [0.3, 0.4) is 0 Å². The molecular formula is C10H19N7. The van der Waals surface area contributed by atoms with E-state index in [1.807, 2.05) is 0 Å². The van der Waals surface area contributed by atoms with Gasteiger partial charge in [0.05, 0.1) is 6.54 Å². The van der Waals surface area contributed by atoms with Crippen molar-refractivity contribution in [1.82, 2.24) is 19.9 Å². The summed E-state index contributed by atoms with van der Waals surface area (Å²) in [5.41, 5.74) is 17.1. The zero-order valence-corrected chi connectivity index (χ0v) is 10.0. The number of likely N-dealkylation sites (tertiary alicyclic amines) is 1. The first-order valence-electron chi connectivity index (χ1n) is 5.76. The van der Waals surface area contributed by atoms with E-state index in [0.717, 1.165) is 19.5 Å². The lowest BCUT2D eigenvalue weighted by Gasteiger charge is -2.34. The zero-order chi connectivity index (χ0) is 12.4. The molecule has 1 fully saturated rings. The maximum absolute atomic E-state index is 5.98. The Kier molecular flexibility index (Phi) is 3.39. The normalized spacial score (nSPS) is 26.0. The highest BCUT2D eigenvalue weighted by Gasteiger charge is 2.22. The fourth-order valence-corrected chi connectivity index (χ4v) is 2.37. The number of hydrogen-bond donors (Lipinski definition) is 3. The van der Waals surface area contributed by atoms with Crippen LogP contribution in [0.2, 0.25) is 0 Å². The third-order valence-corrected chi connectivity index (χ3v) is 2.85. The van der Waals surface area contributed by atoms with Crippen LogP contribution in [0.4, 0.5) is 11.9 Å². The SMILES string of the molecule is CC1CC(N)CN(Cc2nc(N)nc(N)n2)C1. The molecule has 0 aromatic carbocycles.